The van der Waals surface area contributed by atoms with E-state index in [4.69, 9.17) is 14.2 Å². The molecule has 0 amide bonds. The van der Waals surface area contributed by atoms with Gasteiger partial charge in [0.1, 0.15) is 13.2 Å². The van der Waals surface area contributed by atoms with Gasteiger partial charge in [-0.2, -0.15) is 0 Å². The van der Waals surface area contributed by atoms with Gasteiger partial charge in [0.05, 0.1) is 0 Å². The van der Waals surface area contributed by atoms with Gasteiger partial charge in [-0.05, 0) is 109 Å². The van der Waals surface area contributed by atoms with Crippen molar-refractivity contribution < 1.29 is 28.6 Å². The van der Waals surface area contributed by atoms with Crippen molar-refractivity contribution in [3.05, 3.63) is 122 Å². The largest absolute Gasteiger partial charge is 0.462 e. The normalized spacial score (nSPS) is 13.0. The minimum absolute atomic E-state index is 0.116. The Morgan fingerprint density at radius 3 is 1.03 bits per heavy atom. The predicted octanol–water partition coefficient (Wildman–Crippen LogP) is 19.6. The third kappa shape index (κ3) is 56.6. The molecule has 6 heteroatoms. The number of esters is 3. The van der Waals surface area contributed by atoms with Crippen LogP contribution in [0.2, 0.25) is 0 Å². The van der Waals surface area contributed by atoms with Gasteiger partial charge in [-0.25, -0.2) is 0 Å². The molecular formula is C65H106O6. The minimum atomic E-state index is -0.822. The molecule has 0 aromatic carbocycles. The van der Waals surface area contributed by atoms with E-state index in [0.29, 0.717) is 12.8 Å². The number of hydrogen-bond donors (Lipinski definition) is 0. The number of ether oxygens (including phenoxy) is 3. The zero-order chi connectivity index (χ0) is 51.4. The fourth-order valence-electron chi connectivity index (χ4n) is 7.65. The second-order valence-electron chi connectivity index (χ2n) is 18.9. The molecule has 0 fully saturated rings. The van der Waals surface area contributed by atoms with E-state index in [1.165, 1.54) is 83.5 Å². The SMILES string of the molecule is CC/C=C\C/C=C\C/C=C\C/C=C\C/C=C\CCCC(=O)OCC(COC(=O)CCCCCCC\C=C/C=C\C=C/CCCCCCC)OC(=O)CCCCCCC/C=C\C=C/CCCCCCCCC. The van der Waals surface area contributed by atoms with Crippen LogP contribution in [0.4, 0.5) is 0 Å². The number of carbonyl (C=O) groups is 3. The van der Waals surface area contributed by atoms with E-state index in [1.807, 2.05) is 0 Å². The molecule has 0 N–H and O–H groups in total. The summed E-state index contributed by atoms with van der Waals surface area (Å²) >= 11 is 0. The van der Waals surface area contributed by atoms with Crippen LogP contribution in [0.5, 0.6) is 0 Å². The topological polar surface area (TPSA) is 78.9 Å². The van der Waals surface area contributed by atoms with E-state index in [2.05, 4.69) is 142 Å². The van der Waals surface area contributed by atoms with Crippen LogP contribution in [-0.4, -0.2) is 37.2 Å². The van der Waals surface area contributed by atoms with E-state index in [1.54, 1.807) is 0 Å². The first-order valence-electron chi connectivity index (χ1n) is 29.1. The van der Waals surface area contributed by atoms with Gasteiger partial charge in [-0.15, -0.1) is 0 Å². The standard InChI is InChI=1S/C65H106O6/c1-4-7-10-13-16-19-22-25-28-31-34-37-40-43-46-49-52-55-58-64(67)70-61-62(60-69-63(66)57-54-51-48-45-42-39-36-33-30-27-24-21-18-15-12-9-6-3)71-65(68)59-56-53-50-47-44-41-38-35-32-29-26-23-20-17-14-11-8-5-2/h9,12,18,21-22,25,27-32,34-39,45,48,62H,4-8,10-11,13-17,19-20,23-24,26,33,40-44,46-47,49-61H2,1-3H3/b12-9-,21-18-,25-22-,30-27-,31-28-,32-29-,37-34-,38-35-,39-36-,48-45-. The first-order valence-corrected chi connectivity index (χ1v) is 29.1. The summed E-state index contributed by atoms with van der Waals surface area (Å²) in [6.07, 6.45) is 80.5. The van der Waals surface area contributed by atoms with Gasteiger partial charge in [-0.3, -0.25) is 14.4 Å². The van der Waals surface area contributed by atoms with E-state index < -0.39 is 6.10 Å². The lowest BCUT2D eigenvalue weighted by Crippen LogP contribution is -2.30. The Hall–Kier alpha value is -4.19. The van der Waals surface area contributed by atoms with Gasteiger partial charge >= 0.3 is 17.9 Å². The summed E-state index contributed by atoms with van der Waals surface area (Å²) in [7, 11) is 0. The average Bonchev–Trinajstić information content (AvgIpc) is 3.37. The fourth-order valence-corrected chi connectivity index (χ4v) is 7.65. The Bertz CT molecular complexity index is 1500. The summed E-state index contributed by atoms with van der Waals surface area (Å²) in [5, 5.41) is 0. The molecule has 1 atom stereocenters. The smallest absolute Gasteiger partial charge is 0.306 e. The highest BCUT2D eigenvalue weighted by molar-refractivity contribution is 5.71. The van der Waals surface area contributed by atoms with E-state index in [9.17, 15) is 14.4 Å². The Kier molecular flexibility index (Phi) is 54.9. The average molecular weight is 984 g/mol. The molecular weight excluding hydrogens is 877 g/mol. The number of unbranched alkanes of at least 4 members (excludes halogenated alkanes) is 23. The molecule has 0 saturated carbocycles. The number of allylic oxidation sites excluding steroid dienone is 20. The molecule has 0 spiro atoms. The van der Waals surface area contributed by atoms with Crippen molar-refractivity contribution in [2.45, 2.75) is 258 Å². The van der Waals surface area contributed by atoms with Gasteiger partial charge in [-0.1, -0.05) is 245 Å². The highest BCUT2D eigenvalue weighted by atomic mass is 16.6. The van der Waals surface area contributed by atoms with E-state index in [0.717, 1.165) is 122 Å². The Balaban J connectivity index is 4.56. The number of rotatable bonds is 51. The summed E-state index contributed by atoms with van der Waals surface area (Å²) < 4.78 is 16.8. The summed E-state index contributed by atoms with van der Waals surface area (Å²) in [6.45, 7) is 6.42. The number of hydrogen-bond acceptors (Lipinski definition) is 6. The van der Waals surface area contributed by atoms with Crippen molar-refractivity contribution in [1.29, 1.82) is 0 Å². The summed E-state index contributed by atoms with van der Waals surface area (Å²) in [6, 6.07) is 0. The van der Waals surface area contributed by atoms with Crippen molar-refractivity contribution >= 4 is 17.9 Å². The Morgan fingerprint density at radius 1 is 0.310 bits per heavy atom. The van der Waals surface area contributed by atoms with Gasteiger partial charge in [0.25, 0.3) is 0 Å². The third-order valence-electron chi connectivity index (χ3n) is 12.0. The molecule has 0 aliphatic rings. The molecule has 0 aliphatic heterocycles. The Morgan fingerprint density at radius 2 is 0.620 bits per heavy atom. The van der Waals surface area contributed by atoms with Crippen molar-refractivity contribution in [3.63, 3.8) is 0 Å². The van der Waals surface area contributed by atoms with Crippen LogP contribution in [0.25, 0.3) is 0 Å². The van der Waals surface area contributed by atoms with Crippen molar-refractivity contribution in [3.8, 4) is 0 Å². The molecule has 1 unspecified atom stereocenters. The quantitative estimate of drug-likeness (QED) is 0.0199. The monoisotopic (exact) mass is 983 g/mol. The van der Waals surface area contributed by atoms with E-state index >= 15 is 0 Å². The van der Waals surface area contributed by atoms with E-state index in [-0.39, 0.29) is 44.0 Å². The van der Waals surface area contributed by atoms with Gasteiger partial charge in [0, 0.05) is 19.3 Å². The van der Waals surface area contributed by atoms with Crippen LogP contribution in [0.15, 0.2) is 122 Å². The first-order chi connectivity index (χ1) is 35.0. The lowest BCUT2D eigenvalue weighted by molar-refractivity contribution is -0.167. The molecule has 0 aromatic rings. The lowest BCUT2D eigenvalue weighted by atomic mass is 10.1. The van der Waals surface area contributed by atoms with Crippen molar-refractivity contribution in [1.82, 2.24) is 0 Å². The molecule has 0 heterocycles. The van der Waals surface area contributed by atoms with Gasteiger partial charge < -0.3 is 14.2 Å². The second-order valence-corrected chi connectivity index (χ2v) is 18.9. The zero-order valence-corrected chi connectivity index (χ0v) is 45.9. The second kappa shape index (κ2) is 58.4. The van der Waals surface area contributed by atoms with Crippen LogP contribution in [-0.2, 0) is 28.6 Å². The van der Waals surface area contributed by atoms with Crippen LogP contribution in [0, 0.1) is 0 Å². The molecule has 0 rings (SSSR count). The molecule has 402 valence electrons. The van der Waals surface area contributed by atoms with Gasteiger partial charge in [0.2, 0.25) is 0 Å². The molecule has 6 nitrogen and oxygen atoms in total. The maximum atomic E-state index is 12.9. The number of carbonyl (C=O) groups excluding carboxylic acids is 3. The highest BCUT2D eigenvalue weighted by Gasteiger charge is 2.19. The molecule has 71 heavy (non-hydrogen) atoms. The van der Waals surface area contributed by atoms with Crippen LogP contribution in [0.1, 0.15) is 252 Å². The fraction of sp³-hybridized carbons (Fsp3) is 0.646. The van der Waals surface area contributed by atoms with Gasteiger partial charge in [0.15, 0.2) is 6.10 Å². The minimum Gasteiger partial charge on any atom is -0.462 e. The highest BCUT2D eigenvalue weighted by Crippen LogP contribution is 2.13. The maximum absolute atomic E-state index is 12.9. The predicted molar refractivity (Wildman–Crippen MR) is 306 cm³/mol. The first kappa shape index (κ1) is 66.8. The zero-order valence-electron chi connectivity index (χ0n) is 45.9. The Labute approximate surface area is 437 Å². The van der Waals surface area contributed by atoms with Crippen LogP contribution >= 0.6 is 0 Å². The van der Waals surface area contributed by atoms with Crippen LogP contribution in [0.3, 0.4) is 0 Å². The lowest BCUT2D eigenvalue weighted by Gasteiger charge is -2.18. The summed E-state index contributed by atoms with van der Waals surface area (Å²) in [5.74, 6) is -1.01. The molecule has 0 saturated heterocycles. The van der Waals surface area contributed by atoms with Crippen LogP contribution < -0.4 is 0 Å². The molecule has 0 aromatic heterocycles. The molecule has 0 radical (unpaired) electrons. The molecule has 0 bridgehead atoms. The maximum Gasteiger partial charge on any atom is 0.306 e. The van der Waals surface area contributed by atoms with Crippen molar-refractivity contribution in [2.75, 3.05) is 13.2 Å². The summed E-state index contributed by atoms with van der Waals surface area (Å²) in [5.41, 5.74) is 0. The third-order valence-corrected chi connectivity index (χ3v) is 12.0. The molecule has 0 aliphatic carbocycles. The summed E-state index contributed by atoms with van der Waals surface area (Å²) in [4.78, 5) is 38.2. The van der Waals surface area contributed by atoms with Crippen molar-refractivity contribution in [2.24, 2.45) is 0 Å².